The zero-order valence-electron chi connectivity index (χ0n) is 13.3. The van der Waals surface area contributed by atoms with E-state index in [9.17, 15) is 18.0 Å². The fourth-order valence-electron chi connectivity index (χ4n) is 3.51. The van der Waals surface area contributed by atoms with Gasteiger partial charge in [-0.05, 0) is 19.3 Å². The van der Waals surface area contributed by atoms with Crippen LogP contribution in [0.15, 0.2) is 22.2 Å². The van der Waals surface area contributed by atoms with Gasteiger partial charge in [-0.2, -0.15) is 0 Å². The summed E-state index contributed by atoms with van der Waals surface area (Å²) < 4.78 is 23.6. The van der Waals surface area contributed by atoms with E-state index in [2.05, 4.69) is 9.97 Å². The first kappa shape index (κ1) is 17.5. The number of carbonyl (C=O) groups excluding carboxylic acids is 1. The maximum atomic E-state index is 12.8. The van der Waals surface area contributed by atoms with Crippen molar-refractivity contribution in [3.63, 3.8) is 0 Å². The summed E-state index contributed by atoms with van der Waals surface area (Å²) in [4.78, 5) is 32.5. The maximum Gasteiger partial charge on any atom is 0.251 e. The molecule has 1 aliphatic heterocycles. The Hall–Kier alpha value is -1.35. The lowest BCUT2D eigenvalue weighted by molar-refractivity contribution is -0.132. The van der Waals surface area contributed by atoms with Crippen molar-refractivity contribution in [2.24, 2.45) is 0 Å². The van der Waals surface area contributed by atoms with Crippen LogP contribution < -0.4 is 5.56 Å². The van der Waals surface area contributed by atoms with E-state index >= 15 is 0 Å². The first-order valence-electron chi connectivity index (χ1n) is 8.14. The van der Waals surface area contributed by atoms with Crippen LogP contribution in [0.4, 0.5) is 0 Å². The molecule has 132 valence electrons. The van der Waals surface area contributed by atoms with E-state index in [-0.39, 0.29) is 40.8 Å². The Morgan fingerprint density at radius 3 is 2.67 bits per heavy atom. The lowest BCUT2D eigenvalue weighted by Gasteiger charge is -2.34. The van der Waals surface area contributed by atoms with Gasteiger partial charge in [-0.3, -0.25) is 9.59 Å². The van der Waals surface area contributed by atoms with E-state index in [4.69, 9.17) is 0 Å². The van der Waals surface area contributed by atoms with E-state index < -0.39 is 9.84 Å². The van der Waals surface area contributed by atoms with Crippen molar-refractivity contribution in [3.05, 3.63) is 22.6 Å². The Morgan fingerprint density at radius 2 is 2.04 bits per heavy atom. The van der Waals surface area contributed by atoms with Crippen molar-refractivity contribution in [1.82, 2.24) is 14.9 Å². The van der Waals surface area contributed by atoms with Gasteiger partial charge in [0.1, 0.15) is 0 Å². The molecule has 3 rings (SSSR count). The molecule has 1 aromatic rings. The highest BCUT2D eigenvalue weighted by Crippen LogP contribution is 2.30. The topological polar surface area (TPSA) is 100 Å². The van der Waals surface area contributed by atoms with Crippen LogP contribution in [0.1, 0.15) is 32.1 Å². The van der Waals surface area contributed by atoms with E-state index in [1.165, 1.54) is 24.0 Å². The normalized spacial score (nSPS) is 23.4. The Bertz CT molecular complexity index is 756. The second-order valence-electron chi connectivity index (χ2n) is 6.32. The number of carbonyl (C=O) groups is 1. The number of nitrogens with one attached hydrogen (secondary N) is 1. The maximum absolute atomic E-state index is 12.8. The number of hydrogen-bond acceptors (Lipinski definition) is 6. The van der Waals surface area contributed by atoms with Crippen LogP contribution in [-0.4, -0.2) is 58.5 Å². The summed E-state index contributed by atoms with van der Waals surface area (Å²) in [5, 5.41) is 0.404. The van der Waals surface area contributed by atoms with E-state index in [0.717, 1.165) is 25.7 Å². The number of thioether (sulfide) groups is 1. The molecular formula is C15H21N3O4S2. The number of amides is 1. The van der Waals surface area contributed by atoms with Crippen molar-refractivity contribution >= 4 is 27.5 Å². The first-order valence-corrected chi connectivity index (χ1v) is 10.9. The molecule has 2 aliphatic rings. The van der Waals surface area contributed by atoms with Crippen LogP contribution in [-0.2, 0) is 14.6 Å². The molecule has 1 atom stereocenters. The summed E-state index contributed by atoms with van der Waals surface area (Å²) in [6.07, 6.45) is 5.96. The predicted molar refractivity (Wildman–Crippen MR) is 91.7 cm³/mol. The molecule has 2 fully saturated rings. The smallest absolute Gasteiger partial charge is 0.251 e. The standard InChI is InChI=1S/C15H21N3O4S2/c19-13-5-7-16-15(17-13)23-9-14(20)18(11-3-1-2-4-11)12-6-8-24(21,22)10-12/h5,7,11-12H,1-4,6,8-10H2,(H,16,17,19)/t12-/m1/s1. The van der Waals surface area contributed by atoms with Crippen molar-refractivity contribution in [3.8, 4) is 0 Å². The summed E-state index contributed by atoms with van der Waals surface area (Å²) in [5.41, 5.74) is -0.255. The summed E-state index contributed by atoms with van der Waals surface area (Å²) in [5.74, 6) is 0.315. The van der Waals surface area contributed by atoms with E-state index in [1.807, 2.05) is 4.90 Å². The molecule has 24 heavy (non-hydrogen) atoms. The van der Waals surface area contributed by atoms with Gasteiger partial charge in [-0.1, -0.05) is 24.6 Å². The number of H-pyrrole nitrogens is 1. The van der Waals surface area contributed by atoms with Crippen LogP contribution in [0.25, 0.3) is 0 Å². The van der Waals surface area contributed by atoms with Gasteiger partial charge in [0.25, 0.3) is 5.56 Å². The number of hydrogen-bond donors (Lipinski definition) is 1. The van der Waals surface area contributed by atoms with Crippen molar-refractivity contribution in [1.29, 1.82) is 0 Å². The number of sulfone groups is 1. The van der Waals surface area contributed by atoms with Crippen molar-refractivity contribution in [2.75, 3.05) is 17.3 Å². The molecular weight excluding hydrogens is 350 g/mol. The summed E-state index contributed by atoms with van der Waals surface area (Å²) in [7, 11) is -3.04. The van der Waals surface area contributed by atoms with Gasteiger partial charge < -0.3 is 9.88 Å². The molecule has 7 nitrogen and oxygen atoms in total. The van der Waals surface area contributed by atoms with Crippen LogP contribution in [0.2, 0.25) is 0 Å². The fraction of sp³-hybridized carbons (Fsp3) is 0.667. The fourth-order valence-corrected chi connectivity index (χ4v) is 5.94. The van der Waals surface area contributed by atoms with Gasteiger partial charge in [-0.25, -0.2) is 13.4 Å². The van der Waals surface area contributed by atoms with Crippen LogP contribution >= 0.6 is 11.8 Å². The molecule has 1 saturated carbocycles. The van der Waals surface area contributed by atoms with E-state index in [1.54, 1.807) is 0 Å². The molecule has 9 heteroatoms. The number of aromatic amines is 1. The average Bonchev–Trinajstić information content (AvgIpc) is 3.16. The Morgan fingerprint density at radius 1 is 1.29 bits per heavy atom. The molecule has 2 heterocycles. The molecule has 0 spiro atoms. The van der Waals surface area contributed by atoms with E-state index in [0.29, 0.717) is 11.6 Å². The summed E-state index contributed by atoms with van der Waals surface area (Å²) in [6.45, 7) is 0. The Kier molecular flexibility index (Phi) is 5.29. The number of nitrogens with zero attached hydrogens (tertiary/aromatic N) is 2. The van der Waals surface area contributed by atoms with Gasteiger partial charge in [0, 0.05) is 24.3 Å². The second-order valence-corrected chi connectivity index (χ2v) is 9.52. The largest absolute Gasteiger partial charge is 0.335 e. The summed E-state index contributed by atoms with van der Waals surface area (Å²) >= 11 is 1.18. The van der Waals surface area contributed by atoms with Crippen LogP contribution in [0, 0.1) is 0 Å². The third-order valence-electron chi connectivity index (χ3n) is 4.59. The zero-order valence-corrected chi connectivity index (χ0v) is 14.9. The molecule has 1 aliphatic carbocycles. The minimum atomic E-state index is -3.04. The minimum absolute atomic E-state index is 0.0690. The number of rotatable bonds is 5. The quantitative estimate of drug-likeness (QED) is 0.608. The lowest BCUT2D eigenvalue weighted by atomic mass is 10.1. The molecule has 1 aromatic heterocycles. The van der Waals surface area contributed by atoms with Crippen LogP contribution in [0.5, 0.6) is 0 Å². The molecule has 0 unspecified atom stereocenters. The molecule has 0 radical (unpaired) electrons. The number of aromatic nitrogens is 2. The Labute approximate surface area is 145 Å². The zero-order chi connectivity index (χ0) is 17.2. The van der Waals surface area contributed by atoms with Gasteiger partial charge in [-0.15, -0.1) is 0 Å². The molecule has 1 amide bonds. The van der Waals surface area contributed by atoms with Gasteiger partial charge in [0.15, 0.2) is 15.0 Å². The molecule has 1 saturated heterocycles. The highest BCUT2D eigenvalue weighted by atomic mass is 32.2. The predicted octanol–water partition coefficient (Wildman–Crippen LogP) is 0.820. The summed E-state index contributed by atoms with van der Waals surface area (Å²) in [6, 6.07) is 1.24. The monoisotopic (exact) mass is 371 g/mol. The van der Waals surface area contributed by atoms with Crippen molar-refractivity contribution in [2.45, 2.75) is 49.3 Å². The SMILES string of the molecule is O=C(CSc1nccc(=O)[nH]1)N(C1CCCC1)[C@@H]1CCS(=O)(=O)C1. The highest BCUT2D eigenvalue weighted by Gasteiger charge is 2.38. The van der Waals surface area contributed by atoms with Gasteiger partial charge in [0.2, 0.25) is 5.91 Å². The molecule has 0 aromatic carbocycles. The van der Waals surface area contributed by atoms with Crippen LogP contribution in [0.3, 0.4) is 0 Å². The first-order chi connectivity index (χ1) is 11.4. The average molecular weight is 371 g/mol. The Balaban J connectivity index is 1.70. The molecule has 0 bridgehead atoms. The van der Waals surface area contributed by atoms with Crippen molar-refractivity contribution < 1.29 is 13.2 Å². The third-order valence-corrected chi connectivity index (χ3v) is 7.21. The molecule has 1 N–H and O–H groups in total. The van der Waals surface area contributed by atoms with Gasteiger partial charge in [0.05, 0.1) is 17.3 Å². The minimum Gasteiger partial charge on any atom is -0.335 e. The van der Waals surface area contributed by atoms with Gasteiger partial charge >= 0.3 is 0 Å². The second kappa shape index (κ2) is 7.26. The lowest BCUT2D eigenvalue weighted by Crippen LogP contribution is -2.47. The highest BCUT2D eigenvalue weighted by molar-refractivity contribution is 7.99. The third kappa shape index (κ3) is 4.18.